The lowest BCUT2D eigenvalue weighted by atomic mass is 9.77. The van der Waals surface area contributed by atoms with E-state index in [-0.39, 0.29) is 34.7 Å². The minimum atomic E-state index is -0.623. The second kappa shape index (κ2) is 19.0. The van der Waals surface area contributed by atoms with E-state index in [4.69, 9.17) is 0 Å². The van der Waals surface area contributed by atoms with Gasteiger partial charge in [0.15, 0.2) is 0 Å². The van der Waals surface area contributed by atoms with Crippen LogP contribution in [0.15, 0.2) is 4.99 Å². The van der Waals surface area contributed by atoms with Crippen LogP contribution in [-0.4, -0.2) is 161 Å². The number of aliphatic imine (C=N–C) groups is 1. The molecule has 328 valence electrons. The van der Waals surface area contributed by atoms with Crippen molar-refractivity contribution in [2.75, 3.05) is 65.6 Å². The summed E-state index contributed by atoms with van der Waals surface area (Å²) >= 11 is 0. The van der Waals surface area contributed by atoms with Gasteiger partial charge in [-0.3, -0.25) is 34.8 Å². The summed E-state index contributed by atoms with van der Waals surface area (Å²) in [6.45, 7) is 28.9. The normalized spacial score (nSPS) is 26.5. The van der Waals surface area contributed by atoms with Gasteiger partial charge >= 0.3 is 6.03 Å². The fraction of sp³-hybridized carbons (Fsp3) is 0.857. The molecule has 6 amide bonds. The highest BCUT2D eigenvalue weighted by molar-refractivity contribution is 6.07. The van der Waals surface area contributed by atoms with Crippen molar-refractivity contribution in [1.29, 1.82) is 0 Å². The number of nitrogens with zero attached hydrogens (tertiary/aromatic N) is 5. The maximum absolute atomic E-state index is 11.8. The van der Waals surface area contributed by atoms with Crippen LogP contribution >= 0.6 is 0 Å². The maximum Gasteiger partial charge on any atom is 0.322 e. The Bertz CT molecular complexity index is 1450. The zero-order valence-corrected chi connectivity index (χ0v) is 37.0. The van der Waals surface area contributed by atoms with E-state index in [1.54, 1.807) is 0 Å². The van der Waals surface area contributed by atoms with Crippen molar-refractivity contribution < 1.29 is 24.0 Å². The molecule has 0 bridgehead atoms. The molecule has 16 heteroatoms. The minimum Gasteiger partial charge on any atom is -0.356 e. The fourth-order valence-electron chi connectivity index (χ4n) is 9.76. The third kappa shape index (κ3) is 10.4. The number of likely N-dealkylation sites (tertiary alicyclic amines) is 4. The lowest BCUT2D eigenvalue weighted by molar-refractivity contribution is -0.130. The molecular formula is C42H75N11O5. The number of urea groups is 1. The SMILES string of the molecule is CC(C)N1CCC2(CC1)NC(=O)NC2=O.CC(C)N1CCC2(CC1)NCNC2=O.CC(C)N1CCC2(CCNC2=O)CC1.CC1=NC2(CCN(C(C)C)CC2)C(=O)N1. The van der Waals surface area contributed by atoms with Gasteiger partial charge in [0.2, 0.25) is 11.8 Å². The van der Waals surface area contributed by atoms with Gasteiger partial charge in [0.05, 0.1) is 12.1 Å². The van der Waals surface area contributed by atoms with E-state index < -0.39 is 11.1 Å². The quantitative estimate of drug-likeness (QED) is 0.229. The summed E-state index contributed by atoms with van der Waals surface area (Å²) in [5.41, 5.74) is -1.30. The summed E-state index contributed by atoms with van der Waals surface area (Å²) in [6, 6.07) is 1.94. The van der Waals surface area contributed by atoms with E-state index in [0.29, 0.717) is 49.6 Å². The second-order valence-corrected chi connectivity index (χ2v) is 18.9. The van der Waals surface area contributed by atoms with Crippen LogP contribution in [0.1, 0.15) is 120 Å². The molecule has 8 heterocycles. The summed E-state index contributed by atoms with van der Waals surface area (Å²) in [5, 5.41) is 17.0. The smallest absolute Gasteiger partial charge is 0.322 e. The van der Waals surface area contributed by atoms with Crippen LogP contribution in [0.2, 0.25) is 0 Å². The topological polar surface area (TPSA) is 183 Å². The van der Waals surface area contributed by atoms with Gasteiger partial charge in [0.1, 0.15) is 22.5 Å². The van der Waals surface area contributed by atoms with Crippen LogP contribution < -0.4 is 31.9 Å². The summed E-state index contributed by atoms with van der Waals surface area (Å²) in [4.78, 5) is 71.9. The number of hydrogen-bond acceptors (Lipinski definition) is 11. The molecule has 7 fully saturated rings. The Morgan fingerprint density at radius 2 is 0.948 bits per heavy atom. The van der Waals surface area contributed by atoms with Gasteiger partial charge in [-0.25, -0.2) is 4.79 Å². The van der Waals surface area contributed by atoms with Gasteiger partial charge in [-0.2, -0.15) is 0 Å². The molecule has 7 saturated heterocycles. The van der Waals surface area contributed by atoms with E-state index in [2.05, 4.69) is 112 Å². The van der Waals surface area contributed by atoms with Crippen LogP contribution in [0.3, 0.4) is 0 Å². The van der Waals surface area contributed by atoms with Crippen molar-refractivity contribution in [2.45, 2.75) is 161 Å². The van der Waals surface area contributed by atoms with Gasteiger partial charge in [-0.05, 0) is 133 Å². The van der Waals surface area contributed by atoms with Crippen LogP contribution in [0, 0.1) is 5.41 Å². The molecule has 0 aromatic carbocycles. The number of imide groups is 1. The van der Waals surface area contributed by atoms with Crippen LogP contribution in [-0.2, 0) is 19.2 Å². The maximum atomic E-state index is 11.8. The average Bonchev–Trinajstić information content (AvgIpc) is 3.88. The highest BCUT2D eigenvalue weighted by Gasteiger charge is 2.49. The molecule has 0 aromatic heterocycles. The predicted molar refractivity (Wildman–Crippen MR) is 226 cm³/mol. The number of amidine groups is 1. The highest BCUT2D eigenvalue weighted by atomic mass is 16.2. The number of amides is 6. The predicted octanol–water partition coefficient (Wildman–Crippen LogP) is 1.75. The summed E-state index contributed by atoms with van der Waals surface area (Å²) in [5.74, 6) is 1.22. The molecule has 16 nitrogen and oxygen atoms in total. The Kier molecular flexibility index (Phi) is 15.1. The van der Waals surface area contributed by atoms with Crippen molar-refractivity contribution in [3.8, 4) is 0 Å². The third-order valence-corrected chi connectivity index (χ3v) is 14.2. The molecule has 0 aliphatic carbocycles. The van der Waals surface area contributed by atoms with Gasteiger partial charge in [-0.1, -0.05) is 0 Å². The van der Waals surface area contributed by atoms with Crippen molar-refractivity contribution >= 4 is 35.5 Å². The van der Waals surface area contributed by atoms with E-state index >= 15 is 0 Å². The summed E-state index contributed by atoms with van der Waals surface area (Å²) in [6.07, 6.45) is 8.17. The molecule has 8 rings (SSSR count). The monoisotopic (exact) mass is 814 g/mol. The number of piperidine rings is 4. The largest absolute Gasteiger partial charge is 0.356 e. The van der Waals surface area contributed by atoms with Crippen molar-refractivity contribution in [3.63, 3.8) is 0 Å². The second-order valence-electron chi connectivity index (χ2n) is 18.9. The number of carbonyl (C=O) groups is 5. The number of rotatable bonds is 4. The molecule has 0 atom stereocenters. The lowest BCUT2D eigenvalue weighted by Crippen LogP contribution is -2.55. The average molecular weight is 814 g/mol. The first-order valence-corrected chi connectivity index (χ1v) is 22.1. The van der Waals surface area contributed by atoms with Crippen LogP contribution in [0.4, 0.5) is 4.79 Å². The van der Waals surface area contributed by atoms with Crippen molar-refractivity contribution in [2.24, 2.45) is 10.4 Å². The number of nitrogens with one attached hydrogen (secondary N) is 6. The first kappa shape index (κ1) is 45.9. The third-order valence-electron chi connectivity index (χ3n) is 14.2. The fourth-order valence-corrected chi connectivity index (χ4v) is 9.76. The van der Waals surface area contributed by atoms with E-state index in [1.165, 1.54) is 0 Å². The minimum absolute atomic E-state index is 0.00535. The van der Waals surface area contributed by atoms with Gasteiger partial charge in [0.25, 0.3) is 11.8 Å². The van der Waals surface area contributed by atoms with Crippen molar-refractivity contribution in [1.82, 2.24) is 51.5 Å². The molecule has 6 N–H and O–H groups in total. The Morgan fingerprint density at radius 1 is 0.500 bits per heavy atom. The first-order valence-electron chi connectivity index (χ1n) is 22.1. The van der Waals surface area contributed by atoms with Gasteiger partial charge in [0, 0.05) is 70.0 Å². The van der Waals surface area contributed by atoms with Crippen molar-refractivity contribution in [3.05, 3.63) is 0 Å². The van der Waals surface area contributed by atoms with E-state index in [1.807, 2.05) is 6.92 Å². The van der Waals surface area contributed by atoms with Gasteiger partial charge in [-0.15, -0.1) is 0 Å². The molecule has 8 aliphatic rings. The Labute approximate surface area is 347 Å². The standard InChI is InChI=1S/C11H19N3O.C11H20N2O.C10H17N3O2.C10H19N3O/c1-8(2)14-6-4-11(5-7-14)10(15)12-9(3)13-11;1-9(2)13-7-4-11(5-8-13)3-6-12-10(11)14;1-7(2)13-5-3-10(4-6-13)8(14)11-9(15)12-10;1-8(2)13-5-3-10(4-6-13)9(14)11-7-12-10/h8H,4-7H2,1-3H3,(H,12,13,15);9H,3-8H2,1-2H3,(H,12,14);7H,3-6H2,1-2H3,(H2,11,12,14,15);8,12H,3-7H2,1-2H3,(H,11,14). The molecule has 0 saturated carbocycles. The Hall–Kier alpha value is -3.18. The zero-order valence-electron chi connectivity index (χ0n) is 37.0. The zero-order chi connectivity index (χ0) is 42.5. The van der Waals surface area contributed by atoms with Crippen LogP contribution in [0.25, 0.3) is 0 Å². The number of hydrogen-bond donors (Lipinski definition) is 6. The Balaban J connectivity index is 0.000000147. The van der Waals surface area contributed by atoms with Gasteiger partial charge < -0.3 is 40.9 Å². The summed E-state index contributed by atoms with van der Waals surface area (Å²) in [7, 11) is 0. The molecule has 0 unspecified atom stereocenters. The highest BCUT2D eigenvalue weighted by Crippen LogP contribution is 2.38. The number of carbonyl (C=O) groups excluding carboxylic acids is 5. The van der Waals surface area contributed by atoms with E-state index in [0.717, 1.165) is 110 Å². The summed E-state index contributed by atoms with van der Waals surface area (Å²) < 4.78 is 0. The molecule has 0 radical (unpaired) electrons. The lowest BCUT2D eigenvalue weighted by Gasteiger charge is -2.39. The molecule has 58 heavy (non-hydrogen) atoms. The van der Waals surface area contributed by atoms with E-state index in [9.17, 15) is 24.0 Å². The molecule has 0 aromatic rings. The Morgan fingerprint density at radius 3 is 1.29 bits per heavy atom. The molecular weight excluding hydrogens is 739 g/mol. The van der Waals surface area contributed by atoms with Crippen LogP contribution in [0.5, 0.6) is 0 Å². The first-order chi connectivity index (χ1) is 27.3. The molecule has 4 spiro atoms. The molecule has 8 aliphatic heterocycles.